The molecule has 2 atom stereocenters. The minimum absolute atomic E-state index is 0.100. The molecule has 8 nitrogen and oxygen atoms in total. The molecule has 2 fully saturated rings. The molecule has 0 aliphatic carbocycles. The molecule has 0 radical (unpaired) electrons. The minimum atomic E-state index is -0.494. The first-order valence-electron chi connectivity index (χ1n) is 9.70. The largest absolute Gasteiger partial charge is 0.497 e. The Morgan fingerprint density at radius 1 is 1.10 bits per heavy atom. The normalized spacial score (nSPS) is 20.8. The second kappa shape index (κ2) is 8.08. The average Bonchev–Trinajstić information content (AvgIpc) is 3.00. The van der Waals surface area contributed by atoms with Crippen molar-refractivity contribution in [3.05, 3.63) is 58.1 Å². The van der Waals surface area contributed by atoms with Crippen LogP contribution < -0.4 is 14.8 Å². The van der Waals surface area contributed by atoms with Crippen LogP contribution in [0.4, 0.5) is 5.69 Å². The number of carbonyl (C=O) groups excluding carboxylic acids is 1. The second-order valence-corrected chi connectivity index (χ2v) is 7.31. The van der Waals surface area contributed by atoms with Gasteiger partial charge in [-0.15, -0.1) is 0 Å². The summed E-state index contributed by atoms with van der Waals surface area (Å²) in [7, 11) is 1.58. The zero-order valence-electron chi connectivity index (χ0n) is 16.2. The van der Waals surface area contributed by atoms with Crippen LogP contribution in [0.5, 0.6) is 17.2 Å². The highest BCUT2D eigenvalue weighted by Gasteiger charge is 2.39. The number of rotatable bonds is 5. The molecule has 29 heavy (non-hydrogen) atoms. The Kier molecular flexibility index (Phi) is 5.35. The van der Waals surface area contributed by atoms with Crippen LogP contribution >= 0.6 is 0 Å². The van der Waals surface area contributed by atoms with E-state index in [9.17, 15) is 14.9 Å². The summed E-state index contributed by atoms with van der Waals surface area (Å²) in [6.07, 6.45) is 2.78. The topological polar surface area (TPSA) is 93.9 Å². The summed E-state index contributed by atoms with van der Waals surface area (Å²) >= 11 is 0. The summed E-state index contributed by atoms with van der Waals surface area (Å²) in [6, 6.07) is 11.4. The number of nitrogens with zero attached hydrogens (tertiary/aromatic N) is 2. The number of fused-ring (bicyclic) bond motifs is 2. The number of carbonyl (C=O) groups is 1. The van der Waals surface area contributed by atoms with E-state index < -0.39 is 4.92 Å². The molecule has 1 amide bonds. The van der Waals surface area contributed by atoms with E-state index in [-0.39, 0.29) is 29.2 Å². The summed E-state index contributed by atoms with van der Waals surface area (Å²) in [4.78, 5) is 26.2. The maximum Gasteiger partial charge on any atom is 0.270 e. The number of nitro benzene ring substituents is 1. The Bertz CT molecular complexity index is 901. The molecule has 2 aromatic carbocycles. The molecular weight excluding hydrogens is 374 g/mol. The van der Waals surface area contributed by atoms with Crippen LogP contribution in [0.25, 0.3) is 0 Å². The van der Waals surface area contributed by atoms with Gasteiger partial charge in [-0.2, -0.15) is 0 Å². The van der Waals surface area contributed by atoms with Gasteiger partial charge in [0.25, 0.3) is 11.6 Å². The first-order valence-corrected chi connectivity index (χ1v) is 9.70. The number of hydrogen-bond acceptors (Lipinski definition) is 6. The van der Waals surface area contributed by atoms with Gasteiger partial charge in [0.15, 0.2) is 0 Å². The zero-order valence-corrected chi connectivity index (χ0v) is 16.2. The molecule has 2 saturated heterocycles. The Morgan fingerprint density at radius 2 is 1.83 bits per heavy atom. The number of ether oxygens (including phenoxy) is 2. The summed E-state index contributed by atoms with van der Waals surface area (Å²) in [6.45, 7) is 1.61. The van der Waals surface area contributed by atoms with Gasteiger partial charge in [-0.1, -0.05) is 0 Å². The fourth-order valence-electron chi connectivity index (χ4n) is 4.11. The fourth-order valence-corrected chi connectivity index (χ4v) is 4.11. The minimum Gasteiger partial charge on any atom is -0.497 e. The van der Waals surface area contributed by atoms with E-state index in [0.29, 0.717) is 17.2 Å². The fraction of sp³-hybridized carbons (Fsp3) is 0.381. The lowest BCUT2D eigenvalue weighted by Gasteiger charge is -2.28. The van der Waals surface area contributed by atoms with Crippen LogP contribution in [0.15, 0.2) is 42.5 Å². The summed E-state index contributed by atoms with van der Waals surface area (Å²) in [5, 5.41) is 14.7. The zero-order chi connectivity index (χ0) is 20.4. The Hall–Kier alpha value is -3.13. The smallest absolute Gasteiger partial charge is 0.270 e. The van der Waals surface area contributed by atoms with Crippen LogP contribution in [0.3, 0.4) is 0 Å². The molecule has 2 aliphatic heterocycles. The number of benzene rings is 2. The third-order valence-corrected chi connectivity index (χ3v) is 5.58. The molecular formula is C21H23N3O5. The molecule has 8 heteroatoms. The van der Waals surface area contributed by atoms with E-state index in [1.807, 2.05) is 4.90 Å². The van der Waals surface area contributed by atoms with Gasteiger partial charge < -0.3 is 19.7 Å². The number of methoxy groups -OCH3 is 1. The number of amides is 1. The molecule has 2 unspecified atom stereocenters. The first-order chi connectivity index (χ1) is 14.1. The van der Waals surface area contributed by atoms with Crippen molar-refractivity contribution in [2.24, 2.45) is 0 Å². The lowest BCUT2D eigenvalue weighted by Crippen LogP contribution is -2.42. The predicted octanol–water partition coefficient (Wildman–Crippen LogP) is 3.36. The van der Waals surface area contributed by atoms with Crippen LogP contribution in [-0.2, 0) is 0 Å². The first kappa shape index (κ1) is 19.2. The van der Waals surface area contributed by atoms with E-state index in [2.05, 4.69) is 5.32 Å². The Morgan fingerprint density at radius 3 is 2.55 bits per heavy atom. The van der Waals surface area contributed by atoms with Gasteiger partial charge in [0.1, 0.15) is 17.2 Å². The van der Waals surface area contributed by atoms with Gasteiger partial charge in [0, 0.05) is 30.8 Å². The van der Waals surface area contributed by atoms with E-state index in [1.54, 1.807) is 31.4 Å². The third-order valence-electron chi connectivity index (χ3n) is 5.58. The van der Waals surface area contributed by atoms with Crippen molar-refractivity contribution in [3.63, 3.8) is 0 Å². The molecule has 2 heterocycles. The van der Waals surface area contributed by atoms with Gasteiger partial charge in [-0.25, -0.2) is 0 Å². The van der Waals surface area contributed by atoms with Gasteiger partial charge in [0.05, 0.1) is 17.6 Å². The lowest BCUT2D eigenvalue weighted by atomic mass is 10.1. The number of nitro groups is 1. The summed E-state index contributed by atoms with van der Waals surface area (Å²) in [5.41, 5.74) is 0.0875. The number of nitrogens with one attached hydrogen (secondary N) is 1. The third kappa shape index (κ3) is 3.88. The van der Waals surface area contributed by atoms with Crippen molar-refractivity contribution < 1.29 is 19.2 Å². The highest BCUT2D eigenvalue weighted by molar-refractivity contribution is 5.98. The number of non-ortho nitro benzene ring substituents is 1. The van der Waals surface area contributed by atoms with Gasteiger partial charge in [0.2, 0.25) is 0 Å². The van der Waals surface area contributed by atoms with Crippen LogP contribution in [-0.4, -0.2) is 48.0 Å². The van der Waals surface area contributed by atoms with Crippen LogP contribution in [0.2, 0.25) is 0 Å². The molecule has 2 bridgehead atoms. The van der Waals surface area contributed by atoms with Crippen molar-refractivity contribution in [3.8, 4) is 17.2 Å². The van der Waals surface area contributed by atoms with Crippen LogP contribution in [0.1, 0.15) is 29.6 Å². The van der Waals surface area contributed by atoms with Crippen molar-refractivity contribution in [1.29, 1.82) is 0 Å². The van der Waals surface area contributed by atoms with E-state index in [4.69, 9.17) is 9.47 Å². The molecule has 0 aromatic heterocycles. The number of hydrogen-bond donors (Lipinski definition) is 1. The molecule has 2 aliphatic rings. The highest BCUT2D eigenvalue weighted by atomic mass is 16.6. The quantitative estimate of drug-likeness (QED) is 0.614. The maximum atomic E-state index is 13.5. The van der Waals surface area contributed by atoms with Gasteiger partial charge in [-0.3, -0.25) is 14.9 Å². The van der Waals surface area contributed by atoms with Gasteiger partial charge >= 0.3 is 0 Å². The van der Waals surface area contributed by atoms with Crippen molar-refractivity contribution in [2.45, 2.75) is 31.3 Å². The maximum absolute atomic E-state index is 13.5. The van der Waals surface area contributed by atoms with Gasteiger partial charge in [-0.05, 0) is 56.1 Å². The van der Waals surface area contributed by atoms with Crippen molar-refractivity contribution in [1.82, 2.24) is 10.2 Å². The summed E-state index contributed by atoms with van der Waals surface area (Å²) in [5.74, 6) is 1.30. The van der Waals surface area contributed by atoms with E-state index in [0.717, 1.165) is 32.4 Å². The van der Waals surface area contributed by atoms with E-state index in [1.165, 1.54) is 18.2 Å². The highest BCUT2D eigenvalue weighted by Crippen LogP contribution is 2.35. The van der Waals surface area contributed by atoms with Crippen LogP contribution in [0, 0.1) is 10.1 Å². The predicted molar refractivity (Wildman–Crippen MR) is 107 cm³/mol. The molecule has 4 rings (SSSR count). The van der Waals surface area contributed by atoms with Crippen molar-refractivity contribution in [2.75, 3.05) is 20.2 Å². The molecule has 1 N–H and O–H groups in total. The van der Waals surface area contributed by atoms with Crippen molar-refractivity contribution >= 4 is 11.6 Å². The summed E-state index contributed by atoms with van der Waals surface area (Å²) < 4.78 is 11.1. The Labute approximate surface area is 168 Å². The average molecular weight is 397 g/mol. The Balaban J connectivity index is 1.68. The monoisotopic (exact) mass is 397 g/mol. The standard InChI is InChI=1S/C21H23N3O5/c1-28-17-5-7-18(8-6-17)29-20-9-4-15(24(26)27)12-19(20)21(25)23-14-2-3-16(23)13-22-11-10-14/h4-9,12,14,16,22H,2-3,10-11,13H2,1H3. The molecule has 0 spiro atoms. The SMILES string of the molecule is COc1ccc(Oc2ccc([N+](=O)[O-])cc2C(=O)N2C3CCNCC2CC3)cc1. The second-order valence-electron chi connectivity index (χ2n) is 7.31. The molecule has 152 valence electrons. The molecule has 0 saturated carbocycles. The lowest BCUT2D eigenvalue weighted by molar-refractivity contribution is -0.384. The van der Waals surface area contributed by atoms with E-state index >= 15 is 0 Å². The molecule has 2 aromatic rings.